The van der Waals surface area contributed by atoms with Crippen molar-refractivity contribution in [3.8, 4) is 11.1 Å². The maximum atomic E-state index is 13.2. The van der Waals surface area contributed by atoms with Crippen LogP contribution in [0.15, 0.2) is 53.6 Å². The molecule has 2 heterocycles. The molecule has 0 amide bonds. The maximum Gasteiger partial charge on any atom is 0.263 e. The lowest BCUT2D eigenvalue weighted by Gasteiger charge is -2.06. The van der Waals surface area contributed by atoms with Gasteiger partial charge in [-0.1, -0.05) is 12.1 Å². The van der Waals surface area contributed by atoms with Gasteiger partial charge in [-0.25, -0.2) is 9.37 Å². The first-order valence-corrected chi connectivity index (χ1v) is 6.06. The van der Waals surface area contributed by atoms with Gasteiger partial charge in [-0.15, -0.1) is 0 Å². The third kappa shape index (κ3) is 2.08. The van der Waals surface area contributed by atoms with Crippen LogP contribution in [0.4, 0.5) is 4.39 Å². The van der Waals surface area contributed by atoms with Crippen LogP contribution in [0.25, 0.3) is 16.8 Å². The van der Waals surface area contributed by atoms with Crippen LogP contribution >= 0.6 is 0 Å². The number of hydrogen-bond donors (Lipinski definition) is 1. The lowest BCUT2D eigenvalue weighted by Crippen LogP contribution is -2.19. The molecule has 1 N–H and O–H groups in total. The fourth-order valence-electron chi connectivity index (χ4n) is 2.07. The Balaban J connectivity index is 2.19. The lowest BCUT2D eigenvalue weighted by atomic mass is 10.1. The average molecular weight is 270 g/mol. The second-order valence-electron chi connectivity index (χ2n) is 4.40. The summed E-state index contributed by atoms with van der Waals surface area (Å²) in [5, 5.41) is 9.05. The number of fused-ring (bicyclic) bond motifs is 1. The summed E-state index contributed by atoms with van der Waals surface area (Å²) in [5.74, 6) is -0.316. The van der Waals surface area contributed by atoms with Crippen LogP contribution in [-0.4, -0.2) is 14.5 Å². The molecule has 0 radical (unpaired) electrons. The summed E-state index contributed by atoms with van der Waals surface area (Å²) >= 11 is 0. The van der Waals surface area contributed by atoms with Gasteiger partial charge < -0.3 is 5.11 Å². The highest BCUT2D eigenvalue weighted by molar-refractivity contribution is 5.67. The second kappa shape index (κ2) is 4.86. The van der Waals surface area contributed by atoms with E-state index in [9.17, 15) is 9.18 Å². The molecule has 20 heavy (non-hydrogen) atoms. The fourth-order valence-corrected chi connectivity index (χ4v) is 2.07. The zero-order valence-electron chi connectivity index (χ0n) is 10.5. The normalized spacial score (nSPS) is 10.9. The van der Waals surface area contributed by atoms with Crippen LogP contribution in [0.1, 0.15) is 5.56 Å². The van der Waals surface area contributed by atoms with Crippen molar-refractivity contribution in [1.29, 1.82) is 0 Å². The minimum atomic E-state index is -0.347. The van der Waals surface area contributed by atoms with Gasteiger partial charge in [0.2, 0.25) is 0 Å². The molecule has 0 bridgehead atoms. The summed E-state index contributed by atoms with van der Waals surface area (Å²) in [6.07, 6.45) is 2.93. The molecule has 0 saturated carbocycles. The Kier molecular flexibility index (Phi) is 3.04. The Morgan fingerprint density at radius 2 is 2.00 bits per heavy atom. The smallest absolute Gasteiger partial charge is 0.263 e. The molecule has 3 rings (SSSR count). The zero-order chi connectivity index (χ0) is 14.1. The third-order valence-corrected chi connectivity index (χ3v) is 3.11. The van der Waals surface area contributed by atoms with Crippen molar-refractivity contribution in [2.75, 3.05) is 0 Å². The van der Waals surface area contributed by atoms with Crippen LogP contribution < -0.4 is 5.56 Å². The number of hydrogen-bond acceptors (Lipinski definition) is 3. The van der Waals surface area contributed by atoms with Gasteiger partial charge in [-0.3, -0.25) is 9.20 Å². The molecule has 0 unspecified atom stereocenters. The van der Waals surface area contributed by atoms with Crippen molar-refractivity contribution in [3.05, 3.63) is 70.5 Å². The number of aliphatic hydroxyl groups is 1. The van der Waals surface area contributed by atoms with Gasteiger partial charge in [-0.05, 0) is 35.4 Å². The number of halogens is 1. The molecular weight excluding hydrogens is 259 g/mol. The van der Waals surface area contributed by atoms with E-state index >= 15 is 0 Å². The summed E-state index contributed by atoms with van der Waals surface area (Å²) in [4.78, 5) is 16.1. The van der Waals surface area contributed by atoms with E-state index in [1.807, 2.05) is 0 Å². The zero-order valence-corrected chi connectivity index (χ0v) is 10.5. The molecule has 5 heteroatoms. The molecule has 1 aromatic carbocycles. The van der Waals surface area contributed by atoms with E-state index in [4.69, 9.17) is 5.11 Å². The van der Waals surface area contributed by atoms with Crippen LogP contribution in [0, 0.1) is 5.82 Å². The van der Waals surface area contributed by atoms with Gasteiger partial charge >= 0.3 is 0 Å². The molecule has 0 aliphatic heterocycles. The highest BCUT2D eigenvalue weighted by Crippen LogP contribution is 2.20. The van der Waals surface area contributed by atoms with Crippen LogP contribution in [-0.2, 0) is 6.61 Å². The number of rotatable bonds is 2. The van der Waals surface area contributed by atoms with Gasteiger partial charge in [0.25, 0.3) is 5.56 Å². The average Bonchev–Trinajstić information content (AvgIpc) is 2.47. The molecule has 3 aromatic rings. The van der Waals surface area contributed by atoms with E-state index < -0.39 is 0 Å². The Morgan fingerprint density at radius 3 is 2.75 bits per heavy atom. The Hall–Kier alpha value is -2.53. The number of benzene rings is 1. The van der Waals surface area contributed by atoms with Crippen LogP contribution in [0.5, 0.6) is 0 Å². The molecule has 100 valence electrons. The number of nitrogens with zero attached hydrogens (tertiary/aromatic N) is 2. The molecule has 0 aliphatic carbocycles. The van der Waals surface area contributed by atoms with Crippen molar-refractivity contribution in [3.63, 3.8) is 0 Å². The number of pyridine rings is 1. The summed E-state index contributed by atoms with van der Waals surface area (Å²) in [6.45, 7) is -0.347. The second-order valence-corrected chi connectivity index (χ2v) is 4.40. The van der Waals surface area contributed by atoms with Gasteiger partial charge in [0.05, 0.1) is 12.2 Å². The quantitative estimate of drug-likeness (QED) is 0.774. The molecule has 0 spiro atoms. The third-order valence-electron chi connectivity index (χ3n) is 3.11. The molecule has 0 atom stereocenters. The van der Waals surface area contributed by atoms with Crippen molar-refractivity contribution in [1.82, 2.24) is 9.38 Å². The standard InChI is InChI=1S/C15H11FN2O2/c16-13-3-1-2-10(6-13)11-4-5-18-14(7-11)17-8-12(9-19)15(18)20/h1-8,19H,9H2. The minimum Gasteiger partial charge on any atom is -0.391 e. The molecule has 0 saturated heterocycles. The van der Waals surface area contributed by atoms with E-state index in [1.54, 1.807) is 30.5 Å². The molecule has 0 fully saturated rings. The molecule has 0 aliphatic rings. The van der Waals surface area contributed by atoms with Gasteiger partial charge in [-0.2, -0.15) is 0 Å². The Morgan fingerprint density at radius 1 is 1.20 bits per heavy atom. The summed E-state index contributed by atoms with van der Waals surface area (Å²) < 4.78 is 14.6. The minimum absolute atomic E-state index is 0.237. The van der Waals surface area contributed by atoms with Crippen molar-refractivity contribution in [2.45, 2.75) is 6.61 Å². The molecule has 2 aromatic heterocycles. The number of aromatic nitrogens is 2. The maximum absolute atomic E-state index is 13.2. The fraction of sp³-hybridized carbons (Fsp3) is 0.0667. The van der Waals surface area contributed by atoms with E-state index in [1.165, 1.54) is 22.7 Å². The summed E-state index contributed by atoms with van der Waals surface area (Å²) in [5.41, 5.74) is 1.87. The van der Waals surface area contributed by atoms with E-state index in [2.05, 4.69) is 4.98 Å². The Labute approximate surface area is 113 Å². The largest absolute Gasteiger partial charge is 0.391 e. The summed E-state index contributed by atoms with van der Waals surface area (Å²) in [7, 11) is 0. The predicted octanol–water partition coefficient (Wildman–Crippen LogP) is 1.99. The first kappa shape index (κ1) is 12.5. The van der Waals surface area contributed by atoms with Crippen molar-refractivity contribution < 1.29 is 9.50 Å². The van der Waals surface area contributed by atoms with E-state index in [0.29, 0.717) is 11.2 Å². The van der Waals surface area contributed by atoms with Crippen LogP contribution in [0.2, 0.25) is 0 Å². The van der Waals surface area contributed by atoms with Gasteiger partial charge in [0, 0.05) is 12.4 Å². The van der Waals surface area contributed by atoms with Gasteiger partial charge in [0.15, 0.2) is 0 Å². The number of aliphatic hydroxyl groups excluding tert-OH is 1. The first-order chi connectivity index (χ1) is 9.69. The SMILES string of the molecule is O=c1c(CO)cnc2cc(-c3cccc(F)c3)ccn12. The molecule has 4 nitrogen and oxygen atoms in total. The Bertz CT molecular complexity index is 843. The van der Waals surface area contributed by atoms with Gasteiger partial charge in [0.1, 0.15) is 11.5 Å². The van der Waals surface area contributed by atoms with Crippen molar-refractivity contribution >= 4 is 5.65 Å². The first-order valence-electron chi connectivity index (χ1n) is 6.06. The highest BCUT2D eigenvalue weighted by atomic mass is 19.1. The van der Waals surface area contributed by atoms with E-state index in [-0.39, 0.29) is 23.5 Å². The van der Waals surface area contributed by atoms with Crippen molar-refractivity contribution in [2.24, 2.45) is 0 Å². The van der Waals surface area contributed by atoms with Crippen LogP contribution in [0.3, 0.4) is 0 Å². The molecular formula is C15H11FN2O2. The highest BCUT2D eigenvalue weighted by Gasteiger charge is 2.06. The summed E-state index contributed by atoms with van der Waals surface area (Å²) in [6, 6.07) is 9.63. The predicted molar refractivity (Wildman–Crippen MR) is 72.8 cm³/mol. The topological polar surface area (TPSA) is 54.6 Å². The lowest BCUT2D eigenvalue weighted by molar-refractivity contribution is 0.279. The van der Waals surface area contributed by atoms with E-state index in [0.717, 1.165) is 5.56 Å². The monoisotopic (exact) mass is 270 g/mol.